The largest absolute Gasteiger partial charge is 0.573 e. The summed E-state index contributed by atoms with van der Waals surface area (Å²) in [5.41, 5.74) is 1.92. The van der Waals surface area contributed by atoms with Crippen LogP contribution in [-0.4, -0.2) is 36.8 Å². The van der Waals surface area contributed by atoms with Crippen molar-refractivity contribution in [2.24, 2.45) is 0 Å². The summed E-state index contributed by atoms with van der Waals surface area (Å²) < 4.78 is 68.6. The van der Waals surface area contributed by atoms with Gasteiger partial charge in [-0.15, -0.1) is 13.2 Å². The maximum Gasteiger partial charge on any atom is 0.573 e. The highest BCUT2D eigenvalue weighted by Gasteiger charge is 2.31. The van der Waals surface area contributed by atoms with Crippen LogP contribution in [-0.2, 0) is 10.0 Å². The Labute approximate surface area is 171 Å². The van der Waals surface area contributed by atoms with Crippen LogP contribution in [0.2, 0.25) is 0 Å². The van der Waals surface area contributed by atoms with E-state index in [0.717, 1.165) is 59.9 Å². The van der Waals surface area contributed by atoms with Crippen molar-refractivity contribution in [1.29, 1.82) is 0 Å². The van der Waals surface area contributed by atoms with Crippen molar-refractivity contribution in [2.75, 3.05) is 18.0 Å². The lowest BCUT2D eigenvalue weighted by Gasteiger charge is -2.28. The molecule has 0 atom stereocenters. The third kappa shape index (κ3) is 3.83. The summed E-state index contributed by atoms with van der Waals surface area (Å²) in [4.78, 5) is 6.57. The summed E-state index contributed by atoms with van der Waals surface area (Å²) in [5.74, 6) is -0.203. The number of imidazole rings is 1. The van der Waals surface area contributed by atoms with E-state index in [2.05, 4.69) is 14.6 Å². The van der Waals surface area contributed by atoms with Crippen molar-refractivity contribution in [1.82, 2.24) is 8.96 Å². The summed E-state index contributed by atoms with van der Waals surface area (Å²) in [6, 6.07) is 9.55. The molecule has 0 radical (unpaired) electrons. The van der Waals surface area contributed by atoms with Gasteiger partial charge in [0.2, 0.25) is 0 Å². The highest BCUT2D eigenvalue weighted by molar-refractivity contribution is 7.90. The Bertz CT molecular complexity index is 1170. The van der Waals surface area contributed by atoms with Gasteiger partial charge in [0.15, 0.2) is 0 Å². The number of benzene rings is 2. The van der Waals surface area contributed by atoms with Crippen LogP contribution in [0.4, 0.5) is 18.9 Å². The van der Waals surface area contributed by atoms with Gasteiger partial charge in [0.05, 0.1) is 16.1 Å². The SMILES string of the molecule is Cc1nc2c(N3CCCCC3)cccc2n1S(=O)(=O)c1ccc(OC(F)(F)F)cc1. The molecular formula is C20H20F3N3O3S. The number of aromatic nitrogens is 2. The molecule has 30 heavy (non-hydrogen) atoms. The normalized spacial score (nSPS) is 15.5. The number of para-hydroxylation sites is 1. The highest BCUT2D eigenvalue weighted by atomic mass is 32.2. The van der Waals surface area contributed by atoms with Gasteiger partial charge < -0.3 is 9.64 Å². The van der Waals surface area contributed by atoms with E-state index in [1.165, 1.54) is 6.42 Å². The minimum Gasteiger partial charge on any atom is -0.406 e. The van der Waals surface area contributed by atoms with E-state index < -0.39 is 22.1 Å². The molecule has 0 spiro atoms. The second-order valence-corrected chi connectivity index (χ2v) is 8.93. The fourth-order valence-electron chi connectivity index (χ4n) is 3.79. The Morgan fingerprint density at radius 2 is 1.67 bits per heavy atom. The second-order valence-electron chi connectivity index (χ2n) is 7.14. The summed E-state index contributed by atoms with van der Waals surface area (Å²) in [7, 11) is -4.06. The highest BCUT2D eigenvalue weighted by Crippen LogP contribution is 2.32. The van der Waals surface area contributed by atoms with E-state index in [1.54, 1.807) is 19.1 Å². The van der Waals surface area contributed by atoms with Gasteiger partial charge in [-0.1, -0.05) is 6.07 Å². The van der Waals surface area contributed by atoms with E-state index in [9.17, 15) is 21.6 Å². The summed E-state index contributed by atoms with van der Waals surface area (Å²) in [5, 5.41) is 0. The molecular weight excluding hydrogens is 419 g/mol. The van der Waals surface area contributed by atoms with Crippen molar-refractivity contribution in [3.63, 3.8) is 0 Å². The predicted molar refractivity (Wildman–Crippen MR) is 106 cm³/mol. The van der Waals surface area contributed by atoms with Gasteiger partial charge in [-0.25, -0.2) is 17.4 Å². The van der Waals surface area contributed by atoms with Crippen LogP contribution >= 0.6 is 0 Å². The van der Waals surface area contributed by atoms with Crippen LogP contribution in [0.3, 0.4) is 0 Å². The zero-order chi connectivity index (χ0) is 21.5. The molecule has 4 rings (SSSR count). The molecule has 0 amide bonds. The van der Waals surface area contributed by atoms with Gasteiger partial charge in [-0.2, -0.15) is 0 Å². The molecule has 160 valence electrons. The molecule has 2 aromatic carbocycles. The molecule has 1 aliphatic rings. The molecule has 1 aliphatic heterocycles. The number of fused-ring (bicyclic) bond motifs is 1. The fourth-order valence-corrected chi connectivity index (χ4v) is 5.28. The number of ether oxygens (including phenoxy) is 1. The topological polar surface area (TPSA) is 64.4 Å². The van der Waals surface area contributed by atoms with Crippen LogP contribution in [0.1, 0.15) is 25.1 Å². The van der Waals surface area contributed by atoms with Crippen LogP contribution in [0.5, 0.6) is 5.75 Å². The number of aryl methyl sites for hydroxylation is 1. The quantitative estimate of drug-likeness (QED) is 0.600. The first kappa shape index (κ1) is 20.5. The molecule has 0 unspecified atom stereocenters. The Morgan fingerprint density at radius 3 is 2.30 bits per heavy atom. The molecule has 0 aliphatic carbocycles. The average molecular weight is 439 g/mol. The van der Waals surface area contributed by atoms with Gasteiger partial charge in [0, 0.05) is 13.1 Å². The first-order valence-electron chi connectivity index (χ1n) is 9.51. The molecule has 3 aromatic rings. The minimum absolute atomic E-state index is 0.150. The number of anilines is 1. The van der Waals surface area contributed by atoms with Gasteiger partial charge in [0.1, 0.15) is 17.1 Å². The smallest absolute Gasteiger partial charge is 0.406 e. The number of hydrogen-bond donors (Lipinski definition) is 0. The summed E-state index contributed by atoms with van der Waals surface area (Å²) in [6.07, 6.45) is -1.54. The van der Waals surface area contributed by atoms with Crippen LogP contribution in [0, 0.1) is 6.92 Å². The first-order chi connectivity index (χ1) is 14.2. The molecule has 0 bridgehead atoms. The molecule has 1 fully saturated rings. The third-order valence-electron chi connectivity index (χ3n) is 5.07. The number of piperidine rings is 1. The molecule has 2 heterocycles. The van der Waals surface area contributed by atoms with E-state index >= 15 is 0 Å². The monoisotopic (exact) mass is 439 g/mol. The average Bonchev–Trinajstić information content (AvgIpc) is 3.04. The number of hydrogen-bond acceptors (Lipinski definition) is 5. The lowest BCUT2D eigenvalue weighted by Crippen LogP contribution is -2.29. The Morgan fingerprint density at radius 1 is 1.00 bits per heavy atom. The fraction of sp³-hybridized carbons (Fsp3) is 0.350. The van der Waals surface area contributed by atoms with Gasteiger partial charge in [-0.05, 0) is 62.6 Å². The van der Waals surface area contributed by atoms with E-state index in [-0.39, 0.29) is 10.7 Å². The van der Waals surface area contributed by atoms with Crippen molar-refractivity contribution < 1.29 is 26.3 Å². The van der Waals surface area contributed by atoms with Crippen molar-refractivity contribution >= 4 is 26.7 Å². The maximum atomic E-state index is 13.3. The van der Waals surface area contributed by atoms with E-state index in [0.29, 0.717) is 11.0 Å². The van der Waals surface area contributed by atoms with Crippen LogP contribution in [0.15, 0.2) is 47.4 Å². The molecule has 10 heteroatoms. The van der Waals surface area contributed by atoms with Crippen LogP contribution < -0.4 is 9.64 Å². The van der Waals surface area contributed by atoms with E-state index in [4.69, 9.17) is 0 Å². The molecule has 1 aromatic heterocycles. The second kappa shape index (κ2) is 7.50. The molecule has 1 saturated heterocycles. The van der Waals surface area contributed by atoms with Gasteiger partial charge in [-0.3, -0.25) is 0 Å². The first-order valence-corrected chi connectivity index (χ1v) is 11.0. The van der Waals surface area contributed by atoms with Crippen molar-refractivity contribution in [3.8, 4) is 5.75 Å². The molecule has 6 nitrogen and oxygen atoms in total. The van der Waals surface area contributed by atoms with Gasteiger partial charge in [0.25, 0.3) is 10.0 Å². The van der Waals surface area contributed by atoms with E-state index in [1.807, 2.05) is 6.07 Å². The zero-order valence-electron chi connectivity index (χ0n) is 16.2. The standard InChI is InChI=1S/C20H20F3N3O3S/c1-14-24-19-17(25-12-3-2-4-13-25)6-5-7-18(19)26(14)30(27,28)16-10-8-15(9-11-16)29-20(21,22)23/h5-11H,2-4,12-13H2,1H3. The summed E-state index contributed by atoms with van der Waals surface area (Å²) >= 11 is 0. The Hall–Kier alpha value is -2.75. The maximum absolute atomic E-state index is 13.3. The lowest BCUT2D eigenvalue weighted by molar-refractivity contribution is -0.274. The van der Waals surface area contributed by atoms with Crippen molar-refractivity contribution in [2.45, 2.75) is 37.4 Å². The Kier molecular flexibility index (Phi) is 5.13. The molecule has 0 saturated carbocycles. The number of rotatable bonds is 4. The number of halogens is 3. The van der Waals surface area contributed by atoms with Gasteiger partial charge >= 0.3 is 6.36 Å². The van der Waals surface area contributed by atoms with Crippen molar-refractivity contribution in [3.05, 3.63) is 48.3 Å². The zero-order valence-corrected chi connectivity index (χ0v) is 17.0. The third-order valence-corrected chi connectivity index (χ3v) is 6.88. The summed E-state index contributed by atoms with van der Waals surface area (Å²) in [6.45, 7) is 3.37. The molecule has 0 N–H and O–H groups in total. The number of alkyl halides is 3. The predicted octanol–water partition coefficient (Wildman–Crippen LogP) is 4.47. The minimum atomic E-state index is -4.84. The van der Waals surface area contributed by atoms with Crippen LogP contribution in [0.25, 0.3) is 11.0 Å². The number of nitrogens with zero attached hydrogens (tertiary/aromatic N) is 3. The Balaban J connectivity index is 1.76. The lowest BCUT2D eigenvalue weighted by atomic mass is 10.1.